The summed E-state index contributed by atoms with van der Waals surface area (Å²) in [5.74, 6) is 0.592. The van der Waals surface area contributed by atoms with Gasteiger partial charge in [0.1, 0.15) is 0 Å². The van der Waals surface area contributed by atoms with Crippen molar-refractivity contribution in [3.05, 3.63) is 77.5 Å². The Kier molecular flexibility index (Phi) is 5.18. The van der Waals surface area contributed by atoms with E-state index in [1.54, 1.807) is 0 Å². The molecule has 1 aromatic heterocycles. The molecule has 0 bridgehead atoms. The molecule has 1 aliphatic rings. The molecule has 1 saturated carbocycles. The molecular formula is C25H30N2. The molecule has 2 heteroatoms. The lowest BCUT2D eigenvalue weighted by Crippen LogP contribution is -2.23. The number of aryl methyl sites for hydroxylation is 2. The highest BCUT2D eigenvalue weighted by Crippen LogP contribution is 2.39. The summed E-state index contributed by atoms with van der Waals surface area (Å²) in [5, 5.41) is 0. The Labute approximate surface area is 163 Å². The molecule has 0 amide bonds. The van der Waals surface area contributed by atoms with E-state index in [1.807, 2.05) is 0 Å². The first kappa shape index (κ1) is 18.1. The molecule has 1 aliphatic carbocycles. The van der Waals surface area contributed by atoms with E-state index in [0.29, 0.717) is 5.92 Å². The van der Waals surface area contributed by atoms with Gasteiger partial charge in [0, 0.05) is 17.4 Å². The summed E-state index contributed by atoms with van der Waals surface area (Å²) in [5.41, 5.74) is 14.4. The molecule has 1 unspecified atom stereocenters. The van der Waals surface area contributed by atoms with Gasteiger partial charge in [-0.05, 0) is 61.9 Å². The predicted molar refractivity (Wildman–Crippen MR) is 114 cm³/mol. The average molecular weight is 359 g/mol. The molecule has 1 heterocycles. The standard InChI is InChI=1S/C25H30N2/c1-18-13-15-22(16-14-18)27-19(2)17-23(24(26)20-9-5-3-6-10-20)25(27)21-11-7-4-8-12-21/h4,7-8,11-17,20,24H,3,5-6,9-10,26H2,1-2H3. The molecule has 0 saturated heterocycles. The van der Waals surface area contributed by atoms with Crippen LogP contribution in [0.15, 0.2) is 60.7 Å². The summed E-state index contributed by atoms with van der Waals surface area (Å²) in [6.45, 7) is 4.33. The van der Waals surface area contributed by atoms with Gasteiger partial charge in [-0.25, -0.2) is 0 Å². The number of benzene rings is 2. The zero-order chi connectivity index (χ0) is 18.8. The molecule has 0 spiro atoms. The van der Waals surface area contributed by atoms with Gasteiger partial charge in [0.15, 0.2) is 0 Å². The van der Waals surface area contributed by atoms with Crippen LogP contribution in [0.2, 0.25) is 0 Å². The fourth-order valence-electron chi connectivity index (χ4n) is 4.58. The van der Waals surface area contributed by atoms with Crippen LogP contribution in [0.3, 0.4) is 0 Å². The third-order valence-corrected chi connectivity index (χ3v) is 6.07. The van der Waals surface area contributed by atoms with E-state index in [9.17, 15) is 0 Å². The van der Waals surface area contributed by atoms with Crippen LogP contribution in [-0.4, -0.2) is 4.57 Å². The van der Waals surface area contributed by atoms with E-state index in [1.165, 1.54) is 65.9 Å². The van der Waals surface area contributed by atoms with Crippen molar-refractivity contribution in [3.63, 3.8) is 0 Å². The van der Waals surface area contributed by atoms with Gasteiger partial charge >= 0.3 is 0 Å². The highest BCUT2D eigenvalue weighted by atomic mass is 15.0. The summed E-state index contributed by atoms with van der Waals surface area (Å²) in [7, 11) is 0. The molecule has 1 fully saturated rings. The van der Waals surface area contributed by atoms with Crippen LogP contribution in [0.1, 0.15) is 55.0 Å². The molecule has 140 valence electrons. The second kappa shape index (κ2) is 7.74. The van der Waals surface area contributed by atoms with Gasteiger partial charge in [0.25, 0.3) is 0 Å². The van der Waals surface area contributed by atoms with Crippen LogP contribution in [0.4, 0.5) is 0 Å². The van der Waals surface area contributed by atoms with Crippen molar-refractivity contribution >= 4 is 0 Å². The van der Waals surface area contributed by atoms with E-state index in [2.05, 4.69) is 79.1 Å². The van der Waals surface area contributed by atoms with Crippen LogP contribution in [0, 0.1) is 19.8 Å². The molecule has 2 aromatic carbocycles. The van der Waals surface area contributed by atoms with Crippen molar-refractivity contribution in [3.8, 4) is 16.9 Å². The number of hydrogen-bond donors (Lipinski definition) is 1. The summed E-state index contributed by atoms with van der Waals surface area (Å²) in [4.78, 5) is 0. The summed E-state index contributed by atoms with van der Waals surface area (Å²) in [6, 6.07) is 21.9. The Morgan fingerprint density at radius 3 is 2.22 bits per heavy atom. The monoisotopic (exact) mass is 358 g/mol. The van der Waals surface area contributed by atoms with E-state index in [-0.39, 0.29) is 6.04 Å². The SMILES string of the molecule is Cc1ccc(-n2c(C)cc(C(N)C3CCCCC3)c2-c2ccccc2)cc1. The maximum absolute atomic E-state index is 6.88. The summed E-state index contributed by atoms with van der Waals surface area (Å²) < 4.78 is 2.38. The minimum absolute atomic E-state index is 0.103. The third-order valence-electron chi connectivity index (χ3n) is 6.07. The van der Waals surface area contributed by atoms with Gasteiger partial charge < -0.3 is 10.3 Å². The largest absolute Gasteiger partial charge is 0.324 e. The molecule has 27 heavy (non-hydrogen) atoms. The summed E-state index contributed by atoms with van der Waals surface area (Å²) >= 11 is 0. The smallest absolute Gasteiger partial charge is 0.0579 e. The Hall–Kier alpha value is -2.32. The number of nitrogens with two attached hydrogens (primary N) is 1. The summed E-state index contributed by atoms with van der Waals surface area (Å²) in [6.07, 6.45) is 6.50. The molecule has 2 N–H and O–H groups in total. The Balaban J connectivity index is 1.86. The van der Waals surface area contributed by atoms with Gasteiger partial charge in [-0.2, -0.15) is 0 Å². The van der Waals surface area contributed by atoms with Gasteiger partial charge in [-0.15, -0.1) is 0 Å². The van der Waals surface area contributed by atoms with Crippen LogP contribution in [-0.2, 0) is 0 Å². The molecule has 2 nitrogen and oxygen atoms in total. The maximum atomic E-state index is 6.88. The molecule has 3 aromatic rings. The second-order valence-corrected chi connectivity index (χ2v) is 8.05. The number of rotatable bonds is 4. The highest BCUT2D eigenvalue weighted by molar-refractivity contribution is 5.69. The lowest BCUT2D eigenvalue weighted by molar-refractivity contribution is 0.308. The Morgan fingerprint density at radius 2 is 1.56 bits per heavy atom. The zero-order valence-electron chi connectivity index (χ0n) is 16.5. The Morgan fingerprint density at radius 1 is 0.889 bits per heavy atom. The first-order valence-corrected chi connectivity index (χ1v) is 10.3. The average Bonchev–Trinajstić information content (AvgIpc) is 3.06. The number of nitrogens with zero attached hydrogens (tertiary/aromatic N) is 1. The first-order chi connectivity index (χ1) is 13.1. The van der Waals surface area contributed by atoms with Crippen molar-refractivity contribution in [1.82, 2.24) is 4.57 Å². The quantitative estimate of drug-likeness (QED) is 0.579. The lowest BCUT2D eigenvalue weighted by Gasteiger charge is -2.28. The molecular weight excluding hydrogens is 328 g/mol. The fourth-order valence-corrected chi connectivity index (χ4v) is 4.58. The van der Waals surface area contributed by atoms with E-state index in [0.717, 1.165) is 0 Å². The van der Waals surface area contributed by atoms with Crippen molar-refractivity contribution in [2.24, 2.45) is 11.7 Å². The second-order valence-electron chi connectivity index (χ2n) is 8.05. The Bertz CT molecular complexity index is 884. The number of hydrogen-bond acceptors (Lipinski definition) is 1. The lowest BCUT2D eigenvalue weighted by atomic mass is 9.81. The van der Waals surface area contributed by atoms with Crippen molar-refractivity contribution in [2.45, 2.75) is 52.0 Å². The van der Waals surface area contributed by atoms with Gasteiger partial charge in [-0.3, -0.25) is 0 Å². The van der Waals surface area contributed by atoms with Crippen molar-refractivity contribution < 1.29 is 0 Å². The zero-order valence-corrected chi connectivity index (χ0v) is 16.5. The minimum atomic E-state index is 0.103. The van der Waals surface area contributed by atoms with Gasteiger partial charge in [-0.1, -0.05) is 67.3 Å². The van der Waals surface area contributed by atoms with Crippen molar-refractivity contribution in [1.29, 1.82) is 0 Å². The van der Waals surface area contributed by atoms with Crippen LogP contribution in [0.25, 0.3) is 16.9 Å². The third kappa shape index (κ3) is 3.59. The molecule has 0 aliphatic heterocycles. The van der Waals surface area contributed by atoms with Crippen LogP contribution in [0.5, 0.6) is 0 Å². The van der Waals surface area contributed by atoms with Crippen LogP contribution < -0.4 is 5.73 Å². The first-order valence-electron chi connectivity index (χ1n) is 10.3. The van der Waals surface area contributed by atoms with Crippen LogP contribution >= 0.6 is 0 Å². The predicted octanol–water partition coefficient (Wildman–Crippen LogP) is 6.34. The van der Waals surface area contributed by atoms with Crippen molar-refractivity contribution in [2.75, 3.05) is 0 Å². The van der Waals surface area contributed by atoms with E-state index >= 15 is 0 Å². The van der Waals surface area contributed by atoms with E-state index in [4.69, 9.17) is 5.73 Å². The maximum Gasteiger partial charge on any atom is 0.0579 e. The molecule has 4 rings (SSSR count). The fraction of sp³-hybridized carbons (Fsp3) is 0.360. The van der Waals surface area contributed by atoms with Gasteiger partial charge in [0.05, 0.1) is 5.69 Å². The van der Waals surface area contributed by atoms with Gasteiger partial charge in [0.2, 0.25) is 0 Å². The van der Waals surface area contributed by atoms with E-state index < -0.39 is 0 Å². The minimum Gasteiger partial charge on any atom is -0.324 e. The normalized spacial score (nSPS) is 16.4. The highest BCUT2D eigenvalue weighted by Gasteiger charge is 2.27. The number of aromatic nitrogens is 1. The molecule has 0 radical (unpaired) electrons. The molecule has 1 atom stereocenters. The topological polar surface area (TPSA) is 30.9 Å².